The lowest BCUT2D eigenvalue weighted by Gasteiger charge is -2.18. The third-order valence-corrected chi connectivity index (χ3v) is 4.18. The fraction of sp³-hybridized carbons (Fsp3) is 0.353. The van der Waals surface area contributed by atoms with Gasteiger partial charge in [0.05, 0.1) is 5.69 Å². The predicted molar refractivity (Wildman–Crippen MR) is 89.4 cm³/mol. The van der Waals surface area contributed by atoms with Gasteiger partial charge in [-0.3, -0.25) is 0 Å². The van der Waals surface area contributed by atoms with E-state index in [2.05, 4.69) is 26.2 Å². The lowest BCUT2D eigenvalue weighted by molar-refractivity contribution is 0.878. The average molecular weight is 319 g/mol. The van der Waals surface area contributed by atoms with Crippen LogP contribution in [0.2, 0.25) is 0 Å². The number of nitriles is 2. The minimum Gasteiger partial charge on any atom is -0.372 e. The van der Waals surface area contributed by atoms with Crippen LogP contribution in [0.25, 0.3) is 0 Å². The summed E-state index contributed by atoms with van der Waals surface area (Å²) in [7, 11) is 1.64. The molecule has 0 amide bonds. The molecule has 2 heterocycles. The molecule has 0 bridgehead atoms. The van der Waals surface area contributed by atoms with Gasteiger partial charge in [0.2, 0.25) is 0 Å². The number of azo groups is 1. The fourth-order valence-corrected chi connectivity index (χ4v) is 2.80. The van der Waals surface area contributed by atoms with Gasteiger partial charge in [0.25, 0.3) is 5.95 Å². The number of benzene rings is 1. The smallest absolute Gasteiger partial charge is 0.251 e. The van der Waals surface area contributed by atoms with Crippen LogP contribution >= 0.6 is 0 Å². The molecular formula is C17H17N7. The Balaban J connectivity index is 1.86. The van der Waals surface area contributed by atoms with Gasteiger partial charge in [-0.15, -0.1) is 10.2 Å². The van der Waals surface area contributed by atoms with Crippen LogP contribution in [0.15, 0.2) is 28.4 Å². The Morgan fingerprint density at radius 3 is 2.46 bits per heavy atom. The minimum absolute atomic E-state index is 0.0649. The molecule has 3 rings (SSSR count). The Morgan fingerprint density at radius 1 is 1.12 bits per heavy atom. The van der Waals surface area contributed by atoms with Crippen molar-refractivity contribution in [3.05, 3.63) is 35.2 Å². The first-order valence-corrected chi connectivity index (χ1v) is 7.78. The number of anilines is 1. The zero-order valence-corrected chi connectivity index (χ0v) is 13.7. The minimum atomic E-state index is 0.0649. The summed E-state index contributed by atoms with van der Waals surface area (Å²) in [6.45, 7) is 4.19. The number of nitrogens with zero attached hydrogens (tertiary/aromatic N) is 7. The van der Waals surface area contributed by atoms with Gasteiger partial charge in [0.1, 0.15) is 12.1 Å². The number of aromatic nitrogens is 2. The van der Waals surface area contributed by atoms with Gasteiger partial charge in [-0.25, -0.2) is 0 Å². The van der Waals surface area contributed by atoms with Crippen LogP contribution in [0.1, 0.15) is 29.8 Å². The quantitative estimate of drug-likeness (QED) is 0.809. The number of hydrogen-bond acceptors (Lipinski definition) is 6. The van der Waals surface area contributed by atoms with E-state index >= 15 is 0 Å². The summed E-state index contributed by atoms with van der Waals surface area (Å²) in [6.07, 6.45) is 2.48. The molecule has 0 unspecified atom stereocenters. The van der Waals surface area contributed by atoms with Gasteiger partial charge in [-0.05, 0) is 43.5 Å². The van der Waals surface area contributed by atoms with E-state index in [0.717, 1.165) is 24.3 Å². The summed E-state index contributed by atoms with van der Waals surface area (Å²) < 4.78 is 1.47. The molecule has 1 aromatic heterocycles. The SMILES string of the molecule is Cc1cc(N2CCCC2)ccc1N=Nc1nc(C#N)c(C#N)n1C. The number of imidazole rings is 1. The van der Waals surface area contributed by atoms with Crippen molar-refractivity contribution < 1.29 is 0 Å². The van der Waals surface area contributed by atoms with E-state index in [0.29, 0.717) is 0 Å². The number of rotatable bonds is 3. The molecule has 120 valence electrons. The molecule has 1 aromatic carbocycles. The molecule has 0 N–H and O–H groups in total. The molecule has 0 spiro atoms. The van der Waals surface area contributed by atoms with E-state index in [1.165, 1.54) is 23.1 Å². The highest BCUT2D eigenvalue weighted by Gasteiger charge is 2.15. The maximum Gasteiger partial charge on any atom is 0.251 e. The molecule has 24 heavy (non-hydrogen) atoms. The molecule has 0 aliphatic carbocycles. The van der Waals surface area contributed by atoms with Crippen LogP contribution < -0.4 is 4.90 Å². The molecule has 1 fully saturated rings. The molecular weight excluding hydrogens is 302 g/mol. The Morgan fingerprint density at radius 2 is 1.88 bits per heavy atom. The maximum atomic E-state index is 9.07. The van der Waals surface area contributed by atoms with Crippen LogP contribution in [0.3, 0.4) is 0 Å². The zero-order valence-electron chi connectivity index (χ0n) is 13.7. The summed E-state index contributed by atoms with van der Waals surface area (Å²) in [4.78, 5) is 6.40. The molecule has 0 atom stereocenters. The second-order valence-electron chi connectivity index (χ2n) is 5.76. The van der Waals surface area contributed by atoms with E-state index in [4.69, 9.17) is 10.5 Å². The van der Waals surface area contributed by atoms with Crippen molar-refractivity contribution in [2.24, 2.45) is 17.3 Å². The van der Waals surface area contributed by atoms with Crippen LogP contribution in [0.4, 0.5) is 17.3 Å². The second-order valence-corrected chi connectivity index (χ2v) is 5.76. The van der Waals surface area contributed by atoms with Crippen molar-refractivity contribution in [2.45, 2.75) is 19.8 Å². The van der Waals surface area contributed by atoms with Crippen LogP contribution in [-0.4, -0.2) is 22.6 Å². The monoisotopic (exact) mass is 319 g/mol. The lowest BCUT2D eigenvalue weighted by atomic mass is 10.1. The topological polar surface area (TPSA) is 93.4 Å². The number of hydrogen-bond donors (Lipinski definition) is 0. The molecule has 7 nitrogen and oxygen atoms in total. The predicted octanol–water partition coefficient (Wildman–Crippen LogP) is 3.49. The van der Waals surface area contributed by atoms with Crippen LogP contribution in [0.5, 0.6) is 0 Å². The highest BCUT2D eigenvalue weighted by Crippen LogP contribution is 2.28. The Hall–Kier alpha value is -3.19. The van der Waals surface area contributed by atoms with Crippen molar-refractivity contribution in [1.82, 2.24) is 9.55 Å². The molecule has 1 saturated heterocycles. The summed E-state index contributed by atoms with van der Waals surface area (Å²) >= 11 is 0. The summed E-state index contributed by atoms with van der Waals surface area (Å²) in [5.41, 5.74) is 3.23. The van der Waals surface area contributed by atoms with Crippen molar-refractivity contribution in [2.75, 3.05) is 18.0 Å². The van der Waals surface area contributed by atoms with Gasteiger partial charge in [0, 0.05) is 25.8 Å². The summed E-state index contributed by atoms with van der Waals surface area (Å²) in [5.74, 6) is 0.242. The Bertz CT molecular complexity index is 874. The van der Waals surface area contributed by atoms with Crippen molar-refractivity contribution in [3.8, 4) is 12.1 Å². The summed E-state index contributed by atoms with van der Waals surface area (Å²) in [6, 6.07) is 9.94. The normalized spacial score (nSPS) is 14.1. The molecule has 0 saturated carbocycles. The van der Waals surface area contributed by atoms with E-state index < -0.39 is 0 Å². The van der Waals surface area contributed by atoms with Crippen LogP contribution in [-0.2, 0) is 7.05 Å². The largest absolute Gasteiger partial charge is 0.372 e. The molecule has 2 aromatic rings. The lowest BCUT2D eigenvalue weighted by Crippen LogP contribution is -2.17. The average Bonchev–Trinajstić information content (AvgIpc) is 3.21. The third kappa shape index (κ3) is 2.84. The van der Waals surface area contributed by atoms with Crippen molar-refractivity contribution in [3.63, 3.8) is 0 Å². The number of aryl methyl sites for hydroxylation is 1. The molecule has 1 aliphatic rings. The maximum absolute atomic E-state index is 9.07. The molecule has 0 radical (unpaired) electrons. The molecule has 1 aliphatic heterocycles. The van der Waals surface area contributed by atoms with E-state index in [1.54, 1.807) is 7.05 Å². The standard InChI is InChI=1S/C17H17N7/c1-12-9-13(24-7-3-4-8-24)5-6-14(12)21-22-17-20-15(10-18)16(11-19)23(17)2/h5-6,9H,3-4,7-8H2,1-2H3. The van der Waals surface area contributed by atoms with Crippen LogP contribution in [0, 0.1) is 29.6 Å². The highest BCUT2D eigenvalue weighted by molar-refractivity contribution is 5.58. The van der Waals surface area contributed by atoms with Gasteiger partial charge in [0.15, 0.2) is 11.4 Å². The fourth-order valence-electron chi connectivity index (χ4n) is 2.80. The van der Waals surface area contributed by atoms with Gasteiger partial charge < -0.3 is 9.47 Å². The Labute approximate surface area is 140 Å². The summed E-state index contributed by atoms with van der Waals surface area (Å²) in [5, 5.41) is 26.4. The van der Waals surface area contributed by atoms with E-state index in [1.807, 2.05) is 31.2 Å². The van der Waals surface area contributed by atoms with Crippen molar-refractivity contribution >= 4 is 17.3 Å². The van der Waals surface area contributed by atoms with E-state index in [9.17, 15) is 0 Å². The third-order valence-electron chi connectivity index (χ3n) is 4.18. The highest BCUT2D eigenvalue weighted by atomic mass is 15.3. The first-order chi connectivity index (χ1) is 11.6. The Kier molecular flexibility index (Phi) is 4.26. The second kappa shape index (κ2) is 6.51. The molecule has 7 heteroatoms. The first kappa shape index (κ1) is 15.7. The van der Waals surface area contributed by atoms with Gasteiger partial charge in [-0.2, -0.15) is 15.5 Å². The van der Waals surface area contributed by atoms with Crippen molar-refractivity contribution in [1.29, 1.82) is 10.5 Å². The first-order valence-electron chi connectivity index (χ1n) is 7.78. The van der Waals surface area contributed by atoms with E-state index in [-0.39, 0.29) is 17.3 Å². The zero-order chi connectivity index (χ0) is 17.1. The van der Waals surface area contributed by atoms with Gasteiger partial charge in [-0.1, -0.05) is 0 Å². The van der Waals surface area contributed by atoms with Gasteiger partial charge >= 0.3 is 0 Å².